The van der Waals surface area contributed by atoms with Crippen molar-refractivity contribution in [1.82, 2.24) is 19.3 Å². The molecule has 0 aliphatic carbocycles. The summed E-state index contributed by atoms with van der Waals surface area (Å²) >= 11 is 0. The molecule has 2 aromatic carbocycles. The molecule has 6 heteroatoms. The van der Waals surface area contributed by atoms with Crippen molar-refractivity contribution in [3.8, 4) is 11.4 Å². The molecule has 0 spiro atoms. The van der Waals surface area contributed by atoms with Crippen LogP contribution >= 0.6 is 0 Å². The summed E-state index contributed by atoms with van der Waals surface area (Å²) in [6, 6.07) is 19.1. The fraction of sp³-hybridized carbons (Fsp3) is 0.304. The molecule has 148 valence electrons. The summed E-state index contributed by atoms with van der Waals surface area (Å²) in [6.45, 7) is 3.99. The highest BCUT2D eigenvalue weighted by atomic mass is 16.5. The average molecular weight is 387 g/mol. The zero-order valence-corrected chi connectivity index (χ0v) is 16.7. The third kappa shape index (κ3) is 3.40. The molecule has 0 N–H and O–H groups in total. The van der Waals surface area contributed by atoms with Gasteiger partial charge in [0.05, 0.1) is 13.2 Å². The molecule has 0 radical (unpaired) electrons. The Balaban J connectivity index is 1.58. The summed E-state index contributed by atoms with van der Waals surface area (Å²) in [5.74, 6) is 1.87. The van der Waals surface area contributed by atoms with Crippen LogP contribution in [-0.2, 0) is 24.8 Å². The smallest absolute Gasteiger partial charge is 0.227 e. The number of aryl methyl sites for hydroxylation is 2. The molecule has 0 saturated carbocycles. The Morgan fingerprint density at radius 1 is 0.931 bits per heavy atom. The summed E-state index contributed by atoms with van der Waals surface area (Å²) in [5, 5.41) is 10.5. The molecule has 0 unspecified atom stereocenters. The molecule has 1 aliphatic heterocycles. The number of rotatable bonds is 5. The molecule has 4 aromatic rings. The maximum absolute atomic E-state index is 5.54. The fourth-order valence-electron chi connectivity index (χ4n) is 4.10. The molecule has 0 bridgehead atoms. The van der Waals surface area contributed by atoms with E-state index in [1.54, 1.807) is 0 Å². The standard InChI is InChI=1S/C23H25N5O/c1-26-17-20(19-9-5-6-10-21(19)26)22-24-25-23(27-13-15-29-16-14-27)28(22)12-11-18-7-3-2-4-8-18/h2-10,17H,11-16H2,1H3. The Bertz CT molecular complexity index is 1110. The van der Waals surface area contributed by atoms with Crippen molar-refractivity contribution in [1.29, 1.82) is 0 Å². The normalized spacial score (nSPS) is 14.6. The Labute approximate surface area is 170 Å². The highest BCUT2D eigenvalue weighted by Crippen LogP contribution is 2.31. The maximum Gasteiger partial charge on any atom is 0.227 e. The second-order valence-electron chi connectivity index (χ2n) is 7.48. The minimum atomic E-state index is 0.731. The van der Waals surface area contributed by atoms with Crippen LogP contribution in [0.15, 0.2) is 60.8 Å². The van der Waals surface area contributed by atoms with Crippen LogP contribution in [0, 0.1) is 0 Å². The lowest BCUT2D eigenvalue weighted by Gasteiger charge is -2.28. The average Bonchev–Trinajstić information content (AvgIpc) is 3.35. The van der Waals surface area contributed by atoms with Gasteiger partial charge in [0.1, 0.15) is 0 Å². The van der Waals surface area contributed by atoms with Crippen molar-refractivity contribution in [2.75, 3.05) is 31.2 Å². The van der Waals surface area contributed by atoms with Crippen LogP contribution in [0.4, 0.5) is 5.95 Å². The van der Waals surface area contributed by atoms with Gasteiger partial charge in [-0.15, -0.1) is 10.2 Å². The van der Waals surface area contributed by atoms with E-state index in [4.69, 9.17) is 4.74 Å². The van der Waals surface area contributed by atoms with Gasteiger partial charge >= 0.3 is 0 Å². The van der Waals surface area contributed by atoms with E-state index in [1.165, 1.54) is 16.5 Å². The van der Waals surface area contributed by atoms with Gasteiger partial charge in [-0.3, -0.25) is 4.57 Å². The second-order valence-corrected chi connectivity index (χ2v) is 7.48. The number of fused-ring (bicyclic) bond motifs is 1. The van der Waals surface area contributed by atoms with E-state index in [2.05, 4.69) is 92.1 Å². The largest absolute Gasteiger partial charge is 0.378 e. The monoisotopic (exact) mass is 387 g/mol. The number of anilines is 1. The first kappa shape index (κ1) is 17.9. The van der Waals surface area contributed by atoms with Gasteiger partial charge in [-0.05, 0) is 18.1 Å². The highest BCUT2D eigenvalue weighted by molar-refractivity contribution is 5.94. The second kappa shape index (κ2) is 7.72. The van der Waals surface area contributed by atoms with Gasteiger partial charge < -0.3 is 14.2 Å². The molecule has 1 fully saturated rings. The fourth-order valence-corrected chi connectivity index (χ4v) is 4.10. The maximum atomic E-state index is 5.54. The number of ether oxygens (including phenoxy) is 1. The zero-order valence-electron chi connectivity index (χ0n) is 16.7. The number of aromatic nitrogens is 4. The first-order chi connectivity index (χ1) is 14.3. The molecule has 0 atom stereocenters. The van der Waals surface area contributed by atoms with Crippen molar-refractivity contribution in [2.24, 2.45) is 7.05 Å². The molecule has 1 saturated heterocycles. The number of hydrogen-bond donors (Lipinski definition) is 0. The number of morpholine rings is 1. The van der Waals surface area contributed by atoms with Gasteiger partial charge in [-0.25, -0.2) is 0 Å². The van der Waals surface area contributed by atoms with Crippen molar-refractivity contribution in [3.05, 3.63) is 66.4 Å². The van der Waals surface area contributed by atoms with E-state index in [-0.39, 0.29) is 0 Å². The highest BCUT2D eigenvalue weighted by Gasteiger charge is 2.23. The predicted molar refractivity (Wildman–Crippen MR) is 115 cm³/mol. The van der Waals surface area contributed by atoms with Crippen LogP contribution in [0.1, 0.15) is 5.56 Å². The first-order valence-corrected chi connectivity index (χ1v) is 10.2. The van der Waals surface area contributed by atoms with Crippen LogP contribution < -0.4 is 4.90 Å². The van der Waals surface area contributed by atoms with Crippen molar-refractivity contribution >= 4 is 16.9 Å². The molecule has 6 nitrogen and oxygen atoms in total. The lowest BCUT2D eigenvalue weighted by Crippen LogP contribution is -2.38. The molecular formula is C23H25N5O. The van der Waals surface area contributed by atoms with Gasteiger partial charge in [-0.2, -0.15) is 0 Å². The van der Waals surface area contributed by atoms with Crippen molar-refractivity contribution in [2.45, 2.75) is 13.0 Å². The molecule has 29 heavy (non-hydrogen) atoms. The first-order valence-electron chi connectivity index (χ1n) is 10.2. The van der Waals surface area contributed by atoms with Crippen LogP contribution in [0.3, 0.4) is 0 Å². The Morgan fingerprint density at radius 2 is 1.69 bits per heavy atom. The zero-order chi connectivity index (χ0) is 19.6. The Kier molecular flexibility index (Phi) is 4.77. The molecular weight excluding hydrogens is 362 g/mol. The molecule has 0 amide bonds. The quantitative estimate of drug-likeness (QED) is 0.526. The summed E-state index contributed by atoms with van der Waals surface area (Å²) < 4.78 is 9.98. The Hall–Kier alpha value is -3.12. The summed E-state index contributed by atoms with van der Waals surface area (Å²) in [6.07, 6.45) is 3.10. The van der Waals surface area contributed by atoms with E-state index in [9.17, 15) is 0 Å². The summed E-state index contributed by atoms with van der Waals surface area (Å²) in [7, 11) is 2.08. The van der Waals surface area contributed by atoms with E-state index in [0.29, 0.717) is 0 Å². The molecule has 1 aliphatic rings. The SMILES string of the molecule is Cn1cc(-c2nnc(N3CCOCC3)n2CCc2ccccc2)c2ccccc21. The molecule has 5 rings (SSSR count). The van der Waals surface area contributed by atoms with Crippen LogP contribution in [0.25, 0.3) is 22.3 Å². The lowest BCUT2D eigenvalue weighted by molar-refractivity contribution is 0.121. The minimum absolute atomic E-state index is 0.731. The van der Waals surface area contributed by atoms with Crippen LogP contribution in [-0.4, -0.2) is 45.6 Å². The number of nitrogens with zero attached hydrogens (tertiary/aromatic N) is 5. The predicted octanol–water partition coefficient (Wildman–Crippen LogP) is 3.52. The van der Waals surface area contributed by atoms with Crippen LogP contribution in [0.2, 0.25) is 0 Å². The van der Waals surface area contributed by atoms with E-state index < -0.39 is 0 Å². The van der Waals surface area contributed by atoms with Gasteiger partial charge in [0.15, 0.2) is 5.82 Å². The van der Waals surface area contributed by atoms with Gasteiger partial charge in [0.2, 0.25) is 5.95 Å². The Morgan fingerprint density at radius 3 is 2.52 bits per heavy atom. The minimum Gasteiger partial charge on any atom is -0.378 e. The topological polar surface area (TPSA) is 48.1 Å². The van der Waals surface area contributed by atoms with Crippen molar-refractivity contribution in [3.63, 3.8) is 0 Å². The number of hydrogen-bond acceptors (Lipinski definition) is 4. The molecule has 3 heterocycles. The van der Waals surface area contributed by atoms with Crippen molar-refractivity contribution < 1.29 is 4.74 Å². The van der Waals surface area contributed by atoms with E-state index in [1.807, 2.05) is 0 Å². The summed E-state index contributed by atoms with van der Waals surface area (Å²) in [4.78, 5) is 2.29. The lowest BCUT2D eigenvalue weighted by atomic mass is 10.1. The number of para-hydroxylation sites is 1. The van der Waals surface area contributed by atoms with Gasteiger partial charge in [0, 0.05) is 49.3 Å². The summed E-state index contributed by atoms with van der Waals surface area (Å²) in [5.41, 5.74) is 3.65. The van der Waals surface area contributed by atoms with Crippen LogP contribution in [0.5, 0.6) is 0 Å². The third-order valence-electron chi connectivity index (χ3n) is 5.63. The van der Waals surface area contributed by atoms with Gasteiger partial charge in [0.25, 0.3) is 0 Å². The van der Waals surface area contributed by atoms with E-state index >= 15 is 0 Å². The van der Waals surface area contributed by atoms with E-state index in [0.717, 1.165) is 56.6 Å². The van der Waals surface area contributed by atoms with Gasteiger partial charge in [-0.1, -0.05) is 48.5 Å². The molecule has 2 aromatic heterocycles. The number of benzene rings is 2. The third-order valence-corrected chi connectivity index (χ3v) is 5.63.